The number of hydrogen-bond acceptors (Lipinski definition) is 2. The van der Waals surface area contributed by atoms with Gasteiger partial charge in [-0.25, -0.2) is 0 Å². The molecule has 0 saturated heterocycles. The van der Waals surface area contributed by atoms with E-state index in [9.17, 15) is 0 Å². The van der Waals surface area contributed by atoms with E-state index in [2.05, 4.69) is 13.8 Å². The van der Waals surface area contributed by atoms with E-state index in [-0.39, 0.29) is 11.6 Å². The number of rotatable bonds is 7. The molecule has 0 radical (unpaired) electrons. The van der Waals surface area contributed by atoms with Crippen LogP contribution in [-0.2, 0) is 4.74 Å². The van der Waals surface area contributed by atoms with Crippen molar-refractivity contribution in [2.75, 3.05) is 6.61 Å². The summed E-state index contributed by atoms with van der Waals surface area (Å²) in [5.41, 5.74) is 6.45. The van der Waals surface area contributed by atoms with Crippen LogP contribution in [0, 0.1) is 0 Å². The van der Waals surface area contributed by atoms with Crippen molar-refractivity contribution >= 4 is 0 Å². The average molecular weight is 241 g/mol. The fourth-order valence-electron chi connectivity index (χ4n) is 3.11. The highest BCUT2D eigenvalue weighted by Crippen LogP contribution is 2.34. The van der Waals surface area contributed by atoms with E-state index in [4.69, 9.17) is 10.5 Å². The lowest BCUT2D eigenvalue weighted by molar-refractivity contribution is -0.0703. The van der Waals surface area contributed by atoms with Crippen LogP contribution in [-0.4, -0.2) is 18.2 Å². The number of ether oxygens (including phenoxy) is 1. The Balaban J connectivity index is 2.54. The number of unbranched alkanes of at least 4 members (excludes halogenated alkanes) is 2. The second-order valence-electron chi connectivity index (χ2n) is 5.51. The van der Waals surface area contributed by atoms with Crippen molar-refractivity contribution in [1.82, 2.24) is 0 Å². The molecule has 17 heavy (non-hydrogen) atoms. The predicted molar refractivity (Wildman–Crippen MR) is 74.2 cm³/mol. The predicted octanol–water partition coefficient (Wildman–Crippen LogP) is 4.02. The van der Waals surface area contributed by atoms with Gasteiger partial charge in [0.2, 0.25) is 0 Å². The maximum atomic E-state index is 6.45. The van der Waals surface area contributed by atoms with Crippen molar-refractivity contribution < 1.29 is 4.74 Å². The van der Waals surface area contributed by atoms with Crippen LogP contribution in [0.3, 0.4) is 0 Å². The van der Waals surface area contributed by atoms with E-state index in [0.717, 1.165) is 13.0 Å². The van der Waals surface area contributed by atoms with Crippen LogP contribution in [0.15, 0.2) is 0 Å². The minimum atomic E-state index is -0.00100. The first kappa shape index (κ1) is 15.0. The van der Waals surface area contributed by atoms with Gasteiger partial charge in [-0.1, -0.05) is 51.9 Å². The lowest BCUT2D eigenvalue weighted by Crippen LogP contribution is -2.50. The van der Waals surface area contributed by atoms with Crippen LogP contribution in [0.1, 0.15) is 78.1 Å². The molecule has 2 N–H and O–H groups in total. The lowest BCUT2D eigenvalue weighted by Gasteiger charge is -2.38. The maximum absolute atomic E-state index is 6.45. The summed E-state index contributed by atoms with van der Waals surface area (Å²) < 4.78 is 6.12. The summed E-state index contributed by atoms with van der Waals surface area (Å²) >= 11 is 0. The van der Waals surface area contributed by atoms with E-state index >= 15 is 0 Å². The molecule has 0 aromatic rings. The zero-order valence-electron chi connectivity index (χ0n) is 11.8. The molecule has 102 valence electrons. The van der Waals surface area contributed by atoms with Crippen LogP contribution in [0.2, 0.25) is 0 Å². The fraction of sp³-hybridized carbons (Fsp3) is 1.00. The van der Waals surface area contributed by atoms with Gasteiger partial charge >= 0.3 is 0 Å². The van der Waals surface area contributed by atoms with Crippen LogP contribution in [0.4, 0.5) is 0 Å². The molecule has 0 bridgehead atoms. The first-order valence-corrected chi connectivity index (χ1v) is 7.64. The molecular formula is C15H31NO. The quantitative estimate of drug-likeness (QED) is 0.539. The average Bonchev–Trinajstić information content (AvgIpc) is 2.56. The normalized spacial score (nSPS) is 22.1. The molecule has 0 aliphatic heterocycles. The highest BCUT2D eigenvalue weighted by Gasteiger charge is 2.37. The van der Waals surface area contributed by atoms with Crippen LogP contribution in [0.5, 0.6) is 0 Å². The van der Waals surface area contributed by atoms with E-state index in [1.54, 1.807) is 0 Å². The Kier molecular flexibility index (Phi) is 7.14. The molecule has 0 aromatic heterocycles. The highest BCUT2D eigenvalue weighted by atomic mass is 16.5. The minimum absolute atomic E-state index is 0.00100. The van der Waals surface area contributed by atoms with Crippen LogP contribution in [0.25, 0.3) is 0 Å². The van der Waals surface area contributed by atoms with Crippen LogP contribution < -0.4 is 5.73 Å². The molecule has 0 heterocycles. The Labute approximate surface area is 107 Å². The third-order valence-corrected chi connectivity index (χ3v) is 4.18. The van der Waals surface area contributed by atoms with Gasteiger partial charge in [-0.05, 0) is 26.2 Å². The van der Waals surface area contributed by atoms with Gasteiger partial charge < -0.3 is 10.5 Å². The zero-order valence-corrected chi connectivity index (χ0v) is 11.8. The largest absolute Gasteiger partial charge is 0.374 e. The topological polar surface area (TPSA) is 35.2 Å². The second kappa shape index (κ2) is 8.10. The van der Waals surface area contributed by atoms with Crippen LogP contribution >= 0.6 is 0 Å². The molecule has 0 amide bonds. The summed E-state index contributed by atoms with van der Waals surface area (Å²) in [5, 5.41) is 0. The van der Waals surface area contributed by atoms with Crippen molar-refractivity contribution in [1.29, 1.82) is 0 Å². The Morgan fingerprint density at radius 1 is 1.06 bits per heavy atom. The van der Waals surface area contributed by atoms with Gasteiger partial charge in [0.1, 0.15) is 0 Å². The minimum Gasteiger partial charge on any atom is -0.374 e. The molecule has 1 rings (SSSR count). The lowest BCUT2D eigenvalue weighted by atomic mass is 9.84. The molecular weight excluding hydrogens is 210 g/mol. The van der Waals surface area contributed by atoms with Gasteiger partial charge in [0.25, 0.3) is 0 Å². The Hall–Kier alpha value is -0.0800. The summed E-state index contributed by atoms with van der Waals surface area (Å²) in [6, 6.07) is 0.243. The molecule has 2 nitrogen and oxygen atoms in total. The third kappa shape index (κ3) is 4.59. The summed E-state index contributed by atoms with van der Waals surface area (Å²) in [6.45, 7) is 5.16. The summed E-state index contributed by atoms with van der Waals surface area (Å²) in [7, 11) is 0. The van der Waals surface area contributed by atoms with Gasteiger partial charge in [-0.2, -0.15) is 0 Å². The van der Waals surface area contributed by atoms with Crippen molar-refractivity contribution in [3.63, 3.8) is 0 Å². The van der Waals surface area contributed by atoms with E-state index in [1.807, 2.05) is 0 Å². The van der Waals surface area contributed by atoms with Crippen molar-refractivity contribution in [3.05, 3.63) is 0 Å². The number of hydrogen-bond donors (Lipinski definition) is 1. The Morgan fingerprint density at radius 3 is 2.24 bits per heavy atom. The monoisotopic (exact) mass is 241 g/mol. The Morgan fingerprint density at radius 2 is 1.71 bits per heavy atom. The molecule has 1 saturated carbocycles. The number of nitrogens with two attached hydrogens (primary N) is 1. The standard InChI is InChI=1S/C15H31NO/c1-3-5-8-11-14(16)15(17-4-2)12-9-6-7-10-13-15/h14H,3-13,16H2,1-2H3. The smallest absolute Gasteiger partial charge is 0.0832 e. The van der Waals surface area contributed by atoms with Gasteiger partial charge in [-0.15, -0.1) is 0 Å². The maximum Gasteiger partial charge on any atom is 0.0832 e. The molecule has 0 spiro atoms. The van der Waals surface area contributed by atoms with Gasteiger partial charge in [0.15, 0.2) is 0 Å². The third-order valence-electron chi connectivity index (χ3n) is 4.18. The molecule has 1 aliphatic rings. The van der Waals surface area contributed by atoms with Crippen molar-refractivity contribution in [2.24, 2.45) is 5.73 Å². The van der Waals surface area contributed by atoms with Gasteiger partial charge in [0.05, 0.1) is 5.60 Å². The van der Waals surface area contributed by atoms with Gasteiger partial charge in [-0.3, -0.25) is 0 Å². The fourth-order valence-corrected chi connectivity index (χ4v) is 3.11. The molecule has 1 fully saturated rings. The summed E-state index contributed by atoms with van der Waals surface area (Å²) in [6.07, 6.45) is 12.6. The summed E-state index contributed by atoms with van der Waals surface area (Å²) in [5.74, 6) is 0. The second-order valence-corrected chi connectivity index (χ2v) is 5.51. The molecule has 1 unspecified atom stereocenters. The van der Waals surface area contributed by atoms with E-state index in [0.29, 0.717) is 0 Å². The van der Waals surface area contributed by atoms with E-state index < -0.39 is 0 Å². The highest BCUT2D eigenvalue weighted by molar-refractivity contribution is 4.92. The van der Waals surface area contributed by atoms with Gasteiger partial charge in [0, 0.05) is 12.6 Å². The molecule has 0 aromatic carbocycles. The molecule has 2 heteroatoms. The molecule has 1 aliphatic carbocycles. The Bertz CT molecular complexity index is 185. The van der Waals surface area contributed by atoms with Crippen molar-refractivity contribution in [2.45, 2.75) is 89.7 Å². The first-order chi connectivity index (χ1) is 8.25. The SMILES string of the molecule is CCCCCC(N)C1(OCC)CCCCCC1. The summed E-state index contributed by atoms with van der Waals surface area (Å²) in [4.78, 5) is 0. The molecule has 1 atom stereocenters. The van der Waals surface area contributed by atoms with E-state index in [1.165, 1.54) is 57.8 Å². The first-order valence-electron chi connectivity index (χ1n) is 7.64. The van der Waals surface area contributed by atoms with Crippen molar-refractivity contribution in [3.8, 4) is 0 Å². The zero-order chi connectivity index (χ0) is 12.6.